The number of methoxy groups -OCH3 is 1. The Labute approximate surface area is 133 Å². The average Bonchev–Trinajstić information content (AvgIpc) is 2.99. The molecule has 2 aliphatic rings. The van der Waals surface area contributed by atoms with Crippen LogP contribution in [0.25, 0.3) is 0 Å². The van der Waals surface area contributed by atoms with Crippen molar-refractivity contribution in [2.45, 2.75) is 65.3 Å². The Hall–Kier alpha value is -1.32. The minimum Gasteiger partial charge on any atom is -0.467 e. The van der Waals surface area contributed by atoms with E-state index >= 15 is 0 Å². The monoisotopic (exact) mass is 307 g/mol. The van der Waals surface area contributed by atoms with E-state index in [2.05, 4.69) is 39.1 Å². The Morgan fingerprint density at radius 3 is 2.23 bits per heavy atom. The topological polar surface area (TPSA) is 55.4 Å². The fraction of sp³-hybridized carbons (Fsp3) is 0.778. The number of ether oxygens (including phenoxy) is 1. The van der Waals surface area contributed by atoms with E-state index < -0.39 is 5.54 Å². The van der Waals surface area contributed by atoms with Crippen LogP contribution >= 0.6 is 0 Å². The average molecular weight is 307 g/mol. The van der Waals surface area contributed by atoms with Crippen LogP contribution in [0.15, 0.2) is 11.6 Å². The highest BCUT2D eigenvalue weighted by atomic mass is 16.5. The van der Waals surface area contributed by atoms with Gasteiger partial charge in [0.25, 0.3) is 0 Å². The lowest BCUT2D eigenvalue weighted by molar-refractivity contribution is -0.153. The Balaban J connectivity index is 2.13. The van der Waals surface area contributed by atoms with Crippen LogP contribution in [-0.4, -0.2) is 24.5 Å². The fourth-order valence-corrected chi connectivity index (χ4v) is 3.89. The maximum atomic E-state index is 12.8. The Bertz CT molecular complexity index is 483. The van der Waals surface area contributed by atoms with Gasteiger partial charge in [-0.25, -0.2) is 4.79 Å². The Kier molecular flexibility index (Phi) is 4.69. The first kappa shape index (κ1) is 17.0. The molecular weight excluding hydrogens is 278 g/mol. The molecular formula is C18H29NO3. The summed E-state index contributed by atoms with van der Waals surface area (Å²) in [4.78, 5) is 25.0. The molecule has 0 saturated heterocycles. The Morgan fingerprint density at radius 2 is 1.73 bits per heavy atom. The minimum atomic E-state index is -0.807. The number of carbonyl (C=O) groups excluding carboxylic acids is 2. The molecule has 1 amide bonds. The van der Waals surface area contributed by atoms with E-state index in [0.717, 1.165) is 19.3 Å². The predicted molar refractivity (Wildman–Crippen MR) is 86.2 cm³/mol. The van der Waals surface area contributed by atoms with Gasteiger partial charge < -0.3 is 10.1 Å². The normalized spacial score (nSPS) is 28.4. The number of esters is 1. The molecule has 4 nitrogen and oxygen atoms in total. The lowest BCUT2D eigenvalue weighted by Crippen LogP contribution is -2.56. The largest absolute Gasteiger partial charge is 0.467 e. The van der Waals surface area contributed by atoms with Gasteiger partial charge in [-0.05, 0) is 38.0 Å². The molecule has 22 heavy (non-hydrogen) atoms. The maximum Gasteiger partial charge on any atom is 0.331 e. The second kappa shape index (κ2) is 6.05. The van der Waals surface area contributed by atoms with Crippen LogP contribution in [0, 0.1) is 17.3 Å². The van der Waals surface area contributed by atoms with Crippen molar-refractivity contribution >= 4 is 11.9 Å². The van der Waals surface area contributed by atoms with Gasteiger partial charge in [-0.1, -0.05) is 44.8 Å². The first-order valence-corrected chi connectivity index (χ1v) is 8.30. The molecule has 2 atom stereocenters. The Morgan fingerprint density at radius 1 is 1.14 bits per heavy atom. The van der Waals surface area contributed by atoms with E-state index in [0.29, 0.717) is 12.8 Å². The smallest absolute Gasteiger partial charge is 0.331 e. The van der Waals surface area contributed by atoms with Crippen LogP contribution in [0.1, 0.15) is 59.8 Å². The molecule has 2 rings (SSSR count). The zero-order valence-corrected chi connectivity index (χ0v) is 14.5. The summed E-state index contributed by atoms with van der Waals surface area (Å²) in [5.41, 5.74) is 0.389. The summed E-state index contributed by atoms with van der Waals surface area (Å²) in [6, 6.07) is 0. The molecule has 0 spiro atoms. The van der Waals surface area contributed by atoms with Gasteiger partial charge in [0.2, 0.25) is 5.91 Å². The van der Waals surface area contributed by atoms with Crippen LogP contribution in [0.5, 0.6) is 0 Å². The number of hydrogen-bond acceptors (Lipinski definition) is 3. The van der Waals surface area contributed by atoms with Crippen molar-refractivity contribution in [3.05, 3.63) is 11.6 Å². The molecule has 4 heteroatoms. The summed E-state index contributed by atoms with van der Waals surface area (Å²) in [7, 11) is 1.40. The zero-order valence-electron chi connectivity index (χ0n) is 14.5. The van der Waals surface area contributed by atoms with Crippen LogP contribution in [0.4, 0.5) is 0 Å². The molecule has 0 radical (unpaired) electrons. The molecule has 0 aromatic rings. The maximum absolute atomic E-state index is 12.8. The van der Waals surface area contributed by atoms with Gasteiger partial charge in [0, 0.05) is 0 Å². The zero-order chi connectivity index (χ0) is 16.5. The molecule has 0 bridgehead atoms. The van der Waals surface area contributed by atoms with Gasteiger partial charge >= 0.3 is 5.97 Å². The van der Waals surface area contributed by atoms with Crippen molar-refractivity contribution in [1.29, 1.82) is 0 Å². The van der Waals surface area contributed by atoms with Crippen molar-refractivity contribution in [3.63, 3.8) is 0 Å². The van der Waals surface area contributed by atoms with E-state index in [9.17, 15) is 9.59 Å². The summed E-state index contributed by atoms with van der Waals surface area (Å²) in [6.07, 6.45) is 6.58. The third kappa shape index (κ3) is 3.06. The summed E-state index contributed by atoms with van der Waals surface area (Å²) in [5.74, 6) is -0.0841. The molecule has 0 unspecified atom stereocenters. The van der Waals surface area contributed by atoms with Gasteiger partial charge in [0.05, 0.1) is 13.0 Å². The van der Waals surface area contributed by atoms with Crippen molar-refractivity contribution in [2.24, 2.45) is 17.3 Å². The first-order valence-electron chi connectivity index (χ1n) is 8.30. The van der Waals surface area contributed by atoms with Crippen molar-refractivity contribution < 1.29 is 14.3 Å². The predicted octanol–water partition coefficient (Wildman–Crippen LogP) is 3.22. The molecule has 2 fully saturated rings. The summed E-state index contributed by atoms with van der Waals surface area (Å²) in [5, 5.41) is 3.06. The molecule has 0 aromatic heterocycles. The van der Waals surface area contributed by atoms with Crippen molar-refractivity contribution in [3.8, 4) is 0 Å². The van der Waals surface area contributed by atoms with E-state index in [-0.39, 0.29) is 29.1 Å². The minimum absolute atomic E-state index is 0.000185. The van der Waals surface area contributed by atoms with Gasteiger partial charge in [0.15, 0.2) is 0 Å². The molecule has 1 N–H and O–H groups in total. The van der Waals surface area contributed by atoms with Gasteiger partial charge in [0.1, 0.15) is 5.54 Å². The van der Waals surface area contributed by atoms with Crippen molar-refractivity contribution in [1.82, 2.24) is 5.32 Å². The number of amides is 1. The van der Waals surface area contributed by atoms with E-state index in [1.54, 1.807) is 0 Å². The molecule has 0 aromatic carbocycles. The standard InChI is InChI=1S/C18H29NO3/c1-12(2)11-13-14(17(13,3)4)15(20)19-18(16(21)22-5)9-7-6-8-10-18/h11,13-14H,6-10H2,1-5H3,(H,19,20)/t13-,14+/m1/s1. The van der Waals surface area contributed by atoms with Crippen LogP contribution in [0.3, 0.4) is 0 Å². The number of rotatable bonds is 4. The highest BCUT2D eigenvalue weighted by Gasteiger charge is 2.61. The third-order valence-electron chi connectivity index (χ3n) is 5.35. The summed E-state index contributed by atoms with van der Waals surface area (Å²) < 4.78 is 4.97. The molecule has 0 aliphatic heterocycles. The van der Waals surface area contributed by atoms with Crippen LogP contribution < -0.4 is 5.32 Å². The number of allylic oxidation sites excluding steroid dienone is 2. The first-order chi connectivity index (χ1) is 10.2. The lowest BCUT2D eigenvalue weighted by atomic mass is 9.81. The molecule has 2 aliphatic carbocycles. The fourth-order valence-electron chi connectivity index (χ4n) is 3.89. The molecule has 0 heterocycles. The third-order valence-corrected chi connectivity index (χ3v) is 5.35. The van der Waals surface area contributed by atoms with Crippen molar-refractivity contribution in [2.75, 3.05) is 7.11 Å². The highest BCUT2D eigenvalue weighted by molar-refractivity contribution is 5.91. The molecule has 124 valence electrons. The second-order valence-corrected chi connectivity index (χ2v) is 7.69. The molecule has 2 saturated carbocycles. The van der Waals surface area contributed by atoms with Gasteiger partial charge in [-0.2, -0.15) is 0 Å². The van der Waals surface area contributed by atoms with E-state index in [1.165, 1.54) is 12.7 Å². The van der Waals surface area contributed by atoms with Crippen LogP contribution in [-0.2, 0) is 14.3 Å². The SMILES string of the molecule is COC(=O)C1(NC(=O)[C@@H]2[C@@H](C=C(C)C)C2(C)C)CCCCC1. The van der Waals surface area contributed by atoms with Gasteiger partial charge in [-0.3, -0.25) is 4.79 Å². The quantitative estimate of drug-likeness (QED) is 0.641. The lowest BCUT2D eigenvalue weighted by Gasteiger charge is -2.35. The summed E-state index contributed by atoms with van der Waals surface area (Å²) >= 11 is 0. The van der Waals surface area contributed by atoms with E-state index in [1.807, 2.05) is 0 Å². The number of hydrogen-bond donors (Lipinski definition) is 1. The number of carbonyl (C=O) groups is 2. The van der Waals surface area contributed by atoms with Gasteiger partial charge in [-0.15, -0.1) is 0 Å². The second-order valence-electron chi connectivity index (χ2n) is 7.69. The summed E-state index contributed by atoms with van der Waals surface area (Å²) in [6.45, 7) is 8.35. The van der Waals surface area contributed by atoms with E-state index in [4.69, 9.17) is 4.74 Å². The van der Waals surface area contributed by atoms with Crippen LogP contribution in [0.2, 0.25) is 0 Å². The highest BCUT2D eigenvalue weighted by Crippen LogP contribution is 2.59. The number of nitrogens with one attached hydrogen (secondary N) is 1.